The summed E-state index contributed by atoms with van der Waals surface area (Å²) in [5, 5.41) is 10.2. The number of carboxylic acid groups (broad SMARTS) is 1. The molecule has 0 radical (unpaired) electrons. The average molecular weight is 302 g/mol. The third-order valence-corrected chi connectivity index (χ3v) is 4.83. The van der Waals surface area contributed by atoms with Crippen LogP contribution in [0.15, 0.2) is 9.98 Å². The van der Waals surface area contributed by atoms with E-state index < -0.39 is 6.09 Å². The molecule has 0 aliphatic rings. The molecule has 0 saturated heterocycles. The van der Waals surface area contributed by atoms with Crippen molar-refractivity contribution in [2.24, 2.45) is 0 Å². The molecule has 2 heterocycles. The molecule has 0 aliphatic carbocycles. The van der Waals surface area contributed by atoms with Crippen LogP contribution in [-0.4, -0.2) is 15.8 Å². The van der Waals surface area contributed by atoms with Gasteiger partial charge in [0.25, 0.3) is 0 Å². The van der Waals surface area contributed by atoms with Gasteiger partial charge in [-0.25, -0.2) is 9.36 Å². The number of hydrogen-bond donors (Lipinski definition) is 1. The number of fused-ring (bicyclic) bond motifs is 1. The lowest BCUT2D eigenvalue weighted by Gasteiger charge is -2.01. The van der Waals surface area contributed by atoms with Crippen LogP contribution in [0.25, 0.3) is 10.2 Å². The van der Waals surface area contributed by atoms with E-state index in [-0.39, 0.29) is 0 Å². The van der Waals surface area contributed by atoms with Crippen LogP contribution in [0.3, 0.4) is 0 Å². The number of aromatic nitrogens is 1. The Kier molecular flexibility index (Phi) is 2.84. The lowest BCUT2D eigenvalue weighted by Crippen LogP contribution is -2.04. The standard InChI is InChI=1S/C11H12BrNO2S/c1-5(2)7-4-13(11(14)15)10-8(7)6(3)9(12)16-10/h4-5H,1-3H3,(H,14,15). The zero-order valence-electron chi connectivity index (χ0n) is 9.24. The predicted molar refractivity (Wildman–Crippen MR) is 69.8 cm³/mol. The largest absolute Gasteiger partial charge is 0.464 e. The monoisotopic (exact) mass is 301 g/mol. The highest BCUT2D eigenvalue weighted by molar-refractivity contribution is 9.11. The molecule has 0 spiro atoms. The molecule has 0 aliphatic heterocycles. The van der Waals surface area contributed by atoms with E-state index in [1.54, 1.807) is 6.20 Å². The van der Waals surface area contributed by atoms with E-state index >= 15 is 0 Å². The van der Waals surface area contributed by atoms with Crippen LogP contribution < -0.4 is 0 Å². The second-order valence-corrected chi connectivity index (χ2v) is 6.39. The Bertz CT molecular complexity index is 568. The van der Waals surface area contributed by atoms with Gasteiger partial charge in [-0.15, -0.1) is 11.3 Å². The highest BCUT2D eigenvalue weighted by atomic mass is 79.9. The third kappa shape index (κ3) is 1.58. The van der Waals surface area contributed by atoms with Crippen molar-refractivity contribution in [3.63, 3.8) is 0 Å². The molecule has 0 atom stereocenters. The minimum atomic E-state index is -0.925. The number of halogens is 1. The van der Waals surface area contributed by atoms with Gasteiger partial charge in [-0.05, 0) is 39.9 Å². The molecule has 0 bridgehead atoms. The maximum atomic E-state index is 11.1. The first-order valence-electron chi connectivity index (χ1n) is 4.96. The lowest BCUT2D eigenvalue weighted by atomic mass is 10.0. The number of thiophene rings is 1. The maximum absolute atomic E-state index is 11.1. The van der Waals surface area contributed by atoms with Crippen LogP contribution in [0.4, 0.5) is 4.79 Å². The molecule has 2 rings (SSSR count). The van der Waals surface area contributed by atoms with Gasteiger partial charge >= 0.3 is 6.09 Å². The summed E-state index contributed by atoms with van der Waals surface area (Å²) in [5.41, 5.74) is 2.22. The number of aryl methyl sites for hydroxylation is 1. The zero-order valence-corrected chi connectivity index (χ0v) is 11.6. The second-order valence-electron chi connectivity index (χ2n) is 4.07. The molecule has 0 aromatic carbocycles. The van der Waals surface area contributed by atoms with Gasteiger partial charge in [-0.1, -0.05) is 13.8 Å². The Labute approximate surface area is 106 Å². The molecule has 0 unspecified atom stereocenters. The van der Waals surface area contributed by atoms with E-state index in [0.29, 0.717) is 5.92 Å². The maximum Gasteiger partial charge on any atom is 0.416 e. The smallest absolute Gasteiger partial charge is 0.416 e. The molecular weight excluding hydrogens is 290 g/mol. The van der Waals surface area contributed by atoms with E-state index in [0.717, 1.165) is 25.1 Å². The zero-order chi connectivity index (χ0) is 12.0. The van der Waals surface area contributed by atoms with Gasteiger partial charge in [0.2, 0.25) is 0 Å². The first-order valence-corrected chi connectivity index (χ1v) is 6.57. The Hall–Kier alpha value is -0.810. The predicted octanol–water partition coefficient (Wildman–Crippen LogP) is 4.42. The highest BCUT2D eigenvalue weighted by Gasteiger charge is 2.20. The normalized spacial score (nSPS) is 11.6. The van der Waals surface area contributed by atoms with Crippen molar-refractivity contribution in [2.75, 3.05) is 0 Å². The Morgan fingerprint density at radius 1 is 1.56 bits per heavy atom. The SMILES string of the molecule is Cc1c(Br)sc2c1c(C(C)C)cn2C(=O)O. The van der Waals surface area contributed by atoms with Crippen molar-refractivity contribution < 1.29 is 9.90 Å². The first-order chi connectivity index (χ1) is 7.43. The second kappa shape index (κ2) is 3.89. The Morgan fingerprint density at radius 3 is 2.69 bits per heavy atom. The molecule has 86 valence electrons. The molecular formula is C11H12BrNO2S. The van der Waals surface area contributed by atoms with Gasteiger partial charge in [0, 0.05) is 11.6 Å². The minimum absolute atomic E-state index is 0.322. The van der Waals surface area contributed by atoms with Crippen molar-refractivity contribution >= 4 is 43.6 Å². The summed E-state index contributed by atoms with van der Waals surface area (Å²) < 4.78 is 2.32. The summed E-state index contributed by atoms with van der Waals surface area (Å²) in [6, 6.07) is 0. The first kappa shape index (κ1) is 11.7. The van der Waals surface area contributed by atoms with Gasteiger partial charge < -0.3 is 5.11 Å². The summed E-state index contributed by atoms with van der Waals surface area (Å²) in [5.74, 6) is 0.322. The number of rotatable bonds is 1. The summed E-state index contributed by atoms with van der Waals surface area (Å²) in [6.07, 6.45) is 0.804. The van der Waals surface area contributed by atoms with Crippen LogP contribution >= 0.6 is 27.3 Å². The fourth-order valence-electron chi connectivity index (χ4n) is 1.82. The molecule has 0 amide bonds. The van der Waals surface area contributed by atoms with E-state index in [1.165, 1.54) is 15.9 Å². The summed E-state index contributed by atoms with van der Waals surface area (Å²) in [4.78, 5) is 11.9. The fraction of sp³-hybridized carbons (Fsp3) is 0.364. The van der Waals surface area contributed by atoms with Crippen LogP contribution in [0, 0.1) is 6.92 Å². The van der Waals surface area contributed by atoms with Gasteiger partial charge in [0.1, 0.15) is 4.83 Å². The fourth-order valence-corrected chi connectivity index (χ4v) is 3.51. The van der Waals surface area contributed by atoms with Gasteiger partial charge in [-0.2, -0.15) is 0 Å². The molecule has 2 aromatic rings. The van der Waals surface area contributed by atoms with E-state index in [1.807, 2.05) is 6.92 Å². The Balaban J connectivity index is 2.86. The molecule has 1 N–H and O–H groups in total. The third-order valence-electron chi connectivity index (χ3n) is 2.67. The molecule has 0 saturated carbocycles. The minimum Gasteiger partial charge on any atom is -0.464 e. The van der Waals surface area contributed by atoms with E-state index in [2.05, 4.69) is 29.8 Å². The molecule has 3 nitrogen and oxygen atoms in total. The quantitative estimate of drug-likeness (QED) is 0.847. The lowest BCUT2D eigenvalue weighted by molar-refractivity contribution is 0.197. The summed E-state index contributed by atoms with van der Waals surface area (Å²) in [6.45, 7) is 6.17. The van der Waals surface area contributed by atoms with Crippen molar-refractivity contribution in [1.82, 2.24) is 4.57 Å². The van der Waals surface area contributed by atoms with Gasteiger partial charge in [0.05, 0.1) is 3.79 Å². The highest BCUT2D eigenvalue weighted by Crippen LogP contribution is 2.40. The van der Waals surface area contributed by atoms with E-state index in [9.17, 15) is 4.79 Å². The number of hydrogen-bond acceptors (Lipinski definition) is 2. The van der Waals surface area contributed by atoms with Crippen molar-refractivity contribution in [1.29, 1.82) is 0 Å². The topological polar surface area (TPSA) is 42.2 Å². The van der Waals surface area contributed by atoms with Crippen LogP contribution in [0.5, 0.6) is 0 Å². The molecule has 16 heavy (non-hydrogen) atoms. The van der Waals surface area contributed by atoms with Crippen LogP contribution in [-0.2, 0) is 0 Å². The average Bonchev–Trinajstić information content (AvgIpc) is 2.66. The molecule has 2 aromatic heterocycles. The van der Waals surface area contributed by atoms with Crippen LogP contribution in [0.2, 0.25) is 0 Å². The van der Waals surface area contributed by atoms with Crippen molar-refractivity contribution in [3.8, 4) is 0 Å². The Morgan fingerprint density at radius 2 is 2.19 bits per heavy atom. The van der Waals surface area contributed by atoms with Crippen LogP contribution in [0.1, 0.15) is 30.9 Å². The molecule has 0 fully saturated rings. The van der Waals surface area contributed by atoms with Gasteiger partial charge in [-0.3, -0.25) is 0 Å². The number of nitrogens with zero attached hydrogens (tertiary/aromatic N) is 1. The summed E-state index contributed by atoms with van der Waals surface area (Å²) in [7, 11) is 0. The molecule has 5 heteroatoms. The number of carbonyl (C=O) groups is 1. The van der Waals surface area contributed by atoms with E-state index in [4.69, 9.17) is 5.11 Å². The van der Waals surface area contributed by atoms with Crippen molar-refractivity contribution in [2.45, 2.75) is 26.7 Å². The van der Waals surface area contributed by atoms with Gasteiger partial charge in [0.15, 0.2) is 0 Å². The summed E-state index contributed by atoms with van der Waals surface area (Å²) >= 11 is 4.94. The van der Waals surface area contributed by atoms with Crippen molar-refractivity contribution in [3.05, 3.63) is 21.1 Å².